The smallest absolute Gasteiger partial charge is 0.249 e. The van der Waals surface area contributed by atoms with Gasteiger partial charge in [-0.05, 0) is 24.6 Å². The van der Waals surface area contributed by atoms with Crippen LogP contribution >= 0.6 is 23.2 Å². The number of halogens is 2. The summed E-state index contributed by atoms with van der Waals surface area (Å²) < 4.78 is 0. The van der Waals surface area contributed by atoms with Crippen LogP contribution in [0.4, 0.5) is 0 Å². The Morgan fingerprint density at radius 1 is 1.38 bits per heavy atom. The van der Waals surface area contributed by atoms with Crippen LogP contribution in [0.5, 0.6) is 0 Å². The van der Waals surface area contributed by atoms with E-state index in [-0.39, 0.29) is 11.9 Å². The number of benzene rings is 1. The van der Waals surface area contributed by atoms with Crippen LogP contribution in [-0.4, -0.2) is 17.8 Å². The summed E-state index contributed by atoms with van der Waals surface area (Å²) in [5.41, 5.74) is 0.975. The first-order valence-electron chi connectivity index (χ1n) is 4.88. The fourth-order valence-electron chi connectivity index (χ4n) is 1.50. The largest absolute Gasteiger partial charge is 0.312 e. The summed E-state index contributed by atoms with van der Waals surface area (Å²) in [4.78, 5) is 15.4. The minimum Gasteiger partial charge on any atom is -0.312 e. The summed E-state index contributed by atoms with van der Waals surface area (Å²) in [5.74, 6) is 0.617. The monoisotopic (exact) mass is 256 g/mol. The van der Waals surface area contributed by atoms with Crippen molar-refractivity contribution < 1.29 is 4.79 Å². The number of carbonyl (C=O) groups is 1. The first kappa shape index (κ1) is 11.4. The molecule has 0 saturated carbocycles. The van der Waals surface area contributed by atoms with Crippen molar-refractivity contribution in [3.8, 4) is 0 Å². The number of amidine groups is 1. The maximum atomic E-state index is 11.2. The van der Waals surface area contributed by atoms with Crippen LogP contribution in [0, 0.1) is 0 Å². The molecular formula is C11H10Cl2N2O. The molecule has 0 fully saturated rings. The highest BCUT2D eigenvalue weighted by Gasteiger charge is 2.21. The Kier molecular flexibility index (Phi) is 3.17. The lowest BCUT2D eigenvalue weighted by Gasteiger charge is -2.03. The summed E-state index contributed by atoms with van der Waals surface area (Å²) in [6.07, 6.45) is 0.562. The highest BCUT2D eigenvalue weighted by molar-refractivity contribution is 6.42. The average molecular weight is 257 g/mol. The molecule has 1 amide bonds. The van der Waals surface area contributed by atoms with Crippen molar-refractivity contribution in [2.45, 2.75) is 19.4 Å². The second kappa shape index (κ2) is 4.44. The number of aliphatic imine (C=N–C) groups is 1. The van der Waals surface area contributed by atoms with E-state index in [1.807, 2.05) is 6.07 Å². The van der Waals surface area contributed by atoms with Crippen molar-refractivity contribution >= 4 is 34.9 Å². The molecule has 0 saturated heterocycles. The lowest BCUT2D eigenvalue weighted by molar-refractivity contribution is -0.119. The highest BCUT2D eigenvalue weighted by Crippen LogP contribution is 2.23. The zero-order valence-corrected chi connectivity index (χ0v) is 10.1. The summed E-state index contributed by atoms with van der Waals surface area (Å²) in [6, 6.07) is 5.09. The number of amides is 1. The first-order valence-corrected chi connectivity index (χ1v) is 5.63. The minimum absolute atomic E-state index is 0.0601. The molecule has 1 heterocycles. The maximum absolute atomic E-state index is 11.2. The molecular weight excluding hydrogens is 247 g/mol. The average Bonchev–Trinajstić information content (AvgIpc) is 2.52. The van der Waals surface area contributed by atoms with E-state index in [0.717, 1.165) is 5.56 Å². The van der Waals surface area contributed by atoms with Gasteiger partial charge in [0.2, 0.25) is 5.91 Å². The number of rotatable bonds is 2. The molecule has 1 aliphatic rings. The molecule has 1 aromatic carbocycles. The minimum atomic E-state index is -0.294. The fourth-order valence-corrected chi connectivity index (χ4v) is 1.82. The van der Waals surface area contributed by atoms with Gasteiger partial charge in [0.1, 0.15) is 11.9 Å². The van der Waals surface area contributed by atoms with Gasteiger partial charge < -0.3 is 5.32 Å². The second-order valence-electron chi connectivity index (χ2n) is 3.67. The van der Waals surface area contributed by atoms with E-state index < -0.39 is 0 Å². The van der Waals surface area contributed by atoms with E-state index in [0.29, 0.717) is 22.3 Å². The second-order valence-corrected chi connectivity index (χ2v) is 4.48. The Balaban J connectivity index is 2.13. The summed E-state index contributed by atoms with van der Waals surface area (Å²) >= 11 is 11.7. The number of nitrogens with zero attached hydrogens (tertiary/aromatic N) is 1. The third kappa shape index (κ3) is 2.36. The Labute approximate surface area is 103 Å². The lowest BCUT2D eigenvalue weighted by Crippen LogP contribution is -2.28. The molecule has 16 heavy (non-hydrogen) atoms. The van der Waals surface area contributed by atoms with E-state index >= 15 is 0 Å². The zero-order chi connectivity index (χ0) is 11.7. The molecule has 5 heteroatoms. The quantitative estimate of drug-likeness (QED) is 0.868. The van der Waals surface area contributed by atoms with Crippen molar-refractivity contribution in [3.05, 3.63) is 33.8 Å². The molecule has 2 rings (SSSR count). The number of hydrogen-bond acceptors (Lipinski definition) is 2. The predicted molar refractivity (Wildman–Crippen MR) is 65.2 cm³/mol. The zero-order valence-electron chi connectivity index (χ0n) is 8.63. The highest BCUT2D eigenvalue weighted by atomic mass is 35.5. The van der Waals surface area contributed by atoms with Gasteiger partial charge in [0.05, 0.1) is 10.0 Å². The normalized spacial score (nSPS) is 19.6. The van der Waals surface area contributed by atoms with E-state index in [1.54, 1.807) is 19.1 Å². The van der Waals surface area contributed by atoms with E-state index in [9.17, 15) is 4.79 Å². The fraction of sp³-hybridized carbons (Fsp3) is 0.273. The van der Waals surface area contributed by atoms with Crippen molar-refractivity contribution in [3.63, 3.8) is 0 Å². The third-order valence-electron chi connectivity index (χ3n) is 2.35. The summed E-state index contributed by atoms with van der Waals surface area (Å²) in [6.45, 7) is 1.76. The van der Waals surface area contributed by atoms with E-state index in [2.05, 4.69) is 10.3 Å². The molecule has 1 N–H and O–H groups in total. The standard InChI is InChI=1S/C11H10Cl2N2O/c1-6-11(16)15-10(14-6)5-7-2-3-8(12)9(13)4-7/h2-4,6H,5H2,1H3,(H,14,15,16). The van der Waals surface area contributed by atoms with Gasteiger partial charge in [0.15, 0.2) is 0 Å². The molecule has 1 aliphatic heterocycles. The van der Waals surface area contributed by atoms with E-state index in [1.165, 1.54) is 0 Å². The summed E-state index contributed by atoms with van der Waals surface area (Å²) in [7, 11) is 0. The molecule has 0 radical (unpaired) electrons. The van der Waals surface area contributed by atoms with Gasteiger partial charge in [-0.25, -0.2) is 0 Å². The molecule has 0 aromatic heterocycles. The molecule has 84 valence electrons. The summed E-state index contributed by atoms with van der Waals surface area (Å²) in [5, 5.41) is 3.76. The van der Waals surface area contributed by atoms with Crippen molar-refractivity contribution in [1.29, 1.82) is 0 Å². The van der Waals surface area contributed by atoms with Gasteiger partial charge in [0.25, 0.3) is 0 Å². The first-order chi connectivity index (χ1) is 7.56. The van der Waals surface area contributed by atoms with Crippen molar-refractivity contribution in [1.82, 2.24) is 5.32 Å². The van der Waals surface area contributed by atoms with Gasteiger partial charge >= 0.3 is 0 Å². The maximum Gasteiger partial charge on any atom is 0.249 e. The van der Waals surface area contributed by atoms with Crippen LogP contribution < -0.4 is 5.32 Å². The van der Waals surface area contributed by atoms with Crippen LogP contribution in [0.15, 0.2) is 23.2 Å². The molecule has 3 nitrogen and oxygen atoms in total. The molecule has 1 aromatic rings. The Morgan fingerprint density at radius 2 is 2.12 bits per heavy atom. The molecule has 0 aliphatic carbocycles. The van der Waals surface area contributed by atoms with Gasteiger partial charge in [-0.2, -0.15) is 0 Å². The Morgan fingerprint density at radius 3 is 2.69 bits per heavy atom. The van der Waals surface area contributed by atoms with Crippen molar-refractivity contribution in [2.24, 2.45) is 4.99 Å². The predicted octanol–water partition coefficient (Wildman–Crippen LogP) is 2.45. The topological polar surface area (TPSA) is 41.5 Å². The SMILES string of the molecule is CC1N=C(Cc2ccc(Cl)c(Cl)c2)NC1=O. The third-order valence-corrected chi connectivity index (χ3v) is 3.09. The molecule has 1 unspecified atom stereocenters. The van der Waals surface area contributed by atoms with E-state index in [4.69, 9.17) is 23.2 Å². The number of nitrogens with one attached hydrogen (secondary N) is 1. The lowest BCUT2D eigenvalue weighted by atomic mass is 10.1. The van der Waals surface area contributed by atoms with Crippen LogP contribution in [0.2, 0.25) is 10.0 Å². The molecule has 1 atom stereocenters. The van der Waals surface area contributed by atoms with Crippen LogP contribution in [0.3, 0.4) is 0 Å². The number of hydrogen-bond donors (Lipinski definition) is 1. The molecule has 0 spiro atoms. The van der Waals surface area contributed by atoms with Gasteiger partial charge in [-0.15, -0.1) is 0 Å². The number of carbonyl (C=O) groups excluding carboxylic acids is 1. The van der Waals surface area contributed by atoms with Crippen LogP contribution in [-0.2, 0) is 11.2 Å². The van der Waals surface area contributed by atoms with Gasteiger partial charge in [-0.3, -0.25) is 9.79 Å². The molecule has 0 bridgehead atoms. The van der Waals surface area contributed by atoms with Crippen LogP contribution in [0.1, 0.15) is 12.5 Å². The Bertz CT molecular complexity index is 471. The van der Waals surface area contributed by atoms with Crippen LogP contribution in [0.25, 0.3) is 0 Å². The van der Waals surface area contributed by atoms with Gasteiger partial charge in [-0.1, -0.05) is 29.3 Å². The van der Waals surface area contributed by atoms with Crippen molar-refractivity contribution in [2.75, 3.05) is 0 Å². The Hall–Kier alpha value is -1.06. The van der Waals surface area contributed by atoms with Gasteiger partial charge in [0, 0.05) is 6.42 Å².